The minimum absolute atomic E-state index is 0.469. The molecular weight excluding hydrogens is 266 g/mol. The summed E-state index contributed by atoms with van der Waals surface area (Å²) in [6.07, 6.45) is 3.66. The normalized spacial score (nSPS) is 26.6. The van der Waals surface area contributed by atoms with Crippen LogP contribution in [-0.2, 0) is 0 Å². The Kier molecular flexibility index (Phi) is 4.36. The van der Waals surface area contributed by atoms with Crippen molar-refractivity contribution in [1.29, 1.82) is 0 Å². The largest absolute Gasteiger partial charge is 0.493 e. The zero-order valence-electron chi connectivity index (χ0n) is 12.9. The van der Waals surface area contributed by atoms with Crippen molar-refractivity contribution in [2.45, 2.75) is 25.4 Å². The highest BCUT2D eigenvalue weighted by Gasteiger charge is 2.36. The van der Waals surface area contributed by atoms with E-state index in [2.05, 4.69) is 4.90 Å². The van der Waals surface area contributed by atoms with Crippen molar-refractivity contribution >= 4 is 0 Å². The van der Waals surface area contributed by atoms with Gasteiger partial charge in [-0.05, 0) is 42.4 Å². The first-order valence-corrected chi connectivity index (χ1v) is 7.83. The molecule has 1 aromatic rings. The molecule has 3 atom stereocenters. The Morgan fingerprint density at radius 3 is 2.43 bits per heavy atom. The van der Waals surface area contributed by atoms with E-state index in [4.69, 9.17) is 9.47 Å². The molecule has 0 spiro atoms. The van der Waals surface area contributed by atoms with Crippen LogP contribution in [0.3, 0.4) is 0 Å². The minimum atomic E-state index is -0.469. The SMILES string of the molecule is COc1ccc(C(O)CN2CC3CCCC3C2)cc1OC. The maximum Gasteiger partial charge on any atom is 0.161 e. The van der Waals surface area contributed by atoms with Gasteiger partial charge < -0.3 is 14.6 Å². The van der Waals surface area contributed by atoms with E-state index < -0.39 is 6.10 Å². The third kappa shape index (κ3) is 3.01. The summed E-state index contributed by atoms with van der Waals surface area (Å²) in [5.41, 5.74) is 0.893. The summed E-state index contributed by atoms with van der Waals surface area (Å²) in [5.74, 6) is 3.10. The molecule has 1 saturated heterocycles. The Balaban J connectivity index is 1.64. The molecule has 1 aromatic carbocycles. The zero-order valence-corrected chi connectivity index (χ0v) is 12.9. The van der Waals surface area contributed by atoms with Crippen LogP contribution in [0.4, 0.5) is 0 Å². The number of fused-ring (bicyclic) bond motifs is 1. The molecule has 0 bridgehead atoms. The average Bonchev–Trinajstić information content (AvgIpc) is 3.07. The molecule has 0 amide bonds. The van der Waals surface area contributed by atoms with E-state index >= 15 is 0 Å². The van der Waals surface area contributed by atoms with E-state index in [1.54, 1.807) is 14.2 Å². The number of benzene rings is 1. The monoisotopic (exact) mass is 291 g/mol. The van der Waals surface area contributed by atoms with Crippen molar-refractivity contribution in [3.8, 4) is 11.5 Å². The summed E-state index contributed by atoms with van der Waals surface area (Å²) in [4.78, 5) is 2.41. The van der Waals surface area contributed by atoms with Gasteiger partial charge in [-0.25, -0.2) is 0 Å². The fraction of sp³-hybridized carbons (Fsp3) is 0.647. The number of aliphatic hydroxyl groups excluding tert-OH is 1. The molecule has 1 saturated carbocycles. The summed E-state index contributed by atoms with van der Waals surface area (Å²) in [6, 6.07) is 5.65. The molecule has 21 heavy (non-hydrogen) atoms. The summed E-state index contributed by atoms with van der Waals surface area (Å²) >= 11 is 0. The minimum Gasteiger partial charge on any atom is -0.493 e. The number of rotatable bonds is 5. The predicted molar refractivity (Wildman–Crippen MR) is 81.8 cm³/mol. The number of hydrogen-bond donors (Lipinski definition) is 1. The van der Waals surface area contributed by atoms with E-state index in [1.165, 1.54) is 19.3 Å². The Morgan fingerprint density at radius 2 is 1.81 bits per heavy atom. The third-order valence-electron chi connectivity index (χ3n) is 5.03. The lowest BCUT2D eigenvalue weighted by Crippen LogP contribution is -2.27. The molecular formula is C17H25NO3. The Bertz CT molecular complexity index is 479. The highest BCUT2D eigenvalue weighted by Crippen LogP contribution is 2.38. The van der Waals surface area contributed by atoms with Crippen LogP contribution in [0.15, 0.2) is 18.2 Å². The van der Waals surface area contributed by atoms with Gasteiger partial charge in [0.1, 0.15) is 0 Å². The van der Waals surface area contributed by atoms with Crippen molar-refractivity contribution in [1.82, 2.24) is 4.90 Å². The summed E-state index contributed by atoms with van der Waals surface area (Å²) in [7, 11) is 3.24. The first kappa shape index (κ1) is 14.7. The molecule has 116 valence electrons. The van der Waals surface area contributed by atoms with Gasteiger partial charge in [-0.1, -0.05) is 12.5 Å². The number of nitrogens with zero attached hydrogens (tertiary/aromatic N) is 1. The molecule has 2 fully saturated rings. The zero-order chi connectivity index (χ0) is 14.8. The molecule has 4 nitrogen and oxygen atoms in total. The average molecular weight is 291 g/mol. The van der Waals surface area contributed by atoms with Crippen LogP contribution in [0.25, 0.3) is 0 Å². The summed E-state index contributed by atoms with van der Waals surface area (Å²) < 4.78 is 10.5. The van der Waals surface area contributed by atoms with Gasteiger partial charge in [0.25, 0.3) is 0 Å². The number of hydrogen-bond acceptors (Lipinski definition) is 4. The first-order chi connectivity index (χ1) is 10.2. The molecule has 3 rings (SSSR count). The lowest BCUT2D eigenvalue weighted by atomic mass is 10.0. The number of likely N-dealkylation sites (tertiary alicyclic amines) is 1. The standard InChI is InChI=1S/C17H25NO3/c1-20-16-7-6-12(8-17(16)21-2)15(19)11-18-9-13-4-3-5-14(13)10-18/h6-8,13-15,19H,3-5,9-11H2,1-2H3. The van der Waals surface area contributed by atoms with Crippen LogP contribution < -0.4 is 9.47 Å². The Morgan fingerprint density at radius 1 is 1.14 bits per heavy atom. The van der Waals surface area contributed by atoms with Gasteiger partial charge in [0, 0.05) is 19.6 Å². The van der Waals surface area contributed by atoms with Crippen LogP contribution in [0.5, 0.6) is 11.5 Å². The van der Waals surface area contributed by atoms with E-state index in [1.807, 2.05) is 18.2 Å². The predicted octanol–water partition coefficient (Wildman–Crippen LogP) is 2.47. The molecule has 0 radical (unpaired) electrons. The molecule has 1 aliphatic heterocycles. The molecule has 4 heteroatoms. The van der Waals surface area contributed by atoms with Crippen molar-refractivity contribution in [3.63, 3.8) is 0 Å². The van der Waals surface area contributed by atoms with Crippen molar-refractivity contribution in [2.24, 2.45) is 11.8 Å². The molecule has 1 heterocycles. The van der Waals surface area contributed by atoms with Crippen LogP contribution in [0, 0.1) is 11.8 Å². The second-order valence-electron chi connectivity index (χ2n) is 6.30. The van der Waals surface area contributed by atoms with E-state index in [9.17, 15) is 5.11 Å². The highest BCUT2D eigenvalue weighted by atomic mass is 16.5. The topological polar surface area (TPSA) is 41.9 Å². The molecule has 1 N–H and O–H groups in total. The smallest absolute Gasteiger partial charge is 0.161 e. The summed E-state index contributed by atoms with van der Waals surface area (Å²) in [5, 5.41) is 10.5. The second-order valence-corrected chi connectivity index (χ2v) is 6.30. The van der Waals surface area contributed by atoms with Crippen molar-refractivity contribution in [3.05, 3.63) is 23.8 Å². The van der Waals surface area contributed by atoms with Gasteiger partial charge in [-0.2, -0.15) is 0 Å². The van der Waals surface area contributed by atoms with Crippen LogP contribution in [-0.4, -0.2) is 43.9 Å². The number of β-amino-alcohol motifs (C(OH)–C–C–N with tert-alkyl or cyclic N) is 1. The van der Waals surface area contributed by atoms with Gasteiger partial charge in [-0.3, -0.25) is 4.90 Å². The van der Waals surface area contributed by atoms with Crippen LogP contribution in [0.2, 0.25) is 0 Å². The number of aliphatic hydroxyl groups is 1. The Labute approximate surface area is 126 Å². The number of methoxy groups -OCH3 is 2. The van der Waals surface area contributed by atoms with Gasteiger partial charge in [-0.15, -0.1) is 0 Å². The van der Waals surface area contributed by atoms with E-state index in [0.29, 0.717) is 18.0 Å². The fourth-order valence-corrected chi connectivity index (χ4v) is 3.89. The first-order valence-electron chi connectivity index (χ1n) is 7.83. The maximum atomic E-state index is 10.5. The van der Waals surface area contributed by atoms with Crippen LogP contribution >= 0.6 is 0 Å². The van der Waals surface area contributed by atoms with Gasteiger partial charge in [0.05, 0.1) is 20.3 Å². The highest BCUT2D eigenvalue weighted by molar-refractivity contribution is 5.43. The van der Waals surface area contributed by atoms with E-state index in [-0.39, 0.29) is 0 Å². The third-order valence-corrected chi connectivity index (χ3v) is 5.03. The van der Waals surface area contributed by atoms with Gasteiger partial charge in [0.15, 0.2) is 11.5 Å². The van der Waals surface area contributed by atoms with Gasteiger partial charge in [0.2, 0.25) is 0 Å². The lowest BCUT2D eigenvalue weighted by Gasteiger charge is -2.21. The second kappa shape index (κ2) is 6.24. The quantitative estimate of drug-likeness (QED) is 0.905. The molecule has 1 aliphatic carbocycles. The fourth-order valence-electron chi connectivity index (χ4n) is 3.89. The molecule has 3 unspecified atom stereocenters. The maximum absolute atomic E-state index is 10.5. The van der Waals surface area contributed by atoms with Crippen molar-refractivity contribution in [2.75, 3.05) is 33.9 Å². The van der Waals surface area contributed by atoms with Crippen molar-refractivity contribution < 1.29 is 14.6 Å². The van der Waals surface area contributed by atoms with Crippen LogP contribution in [0.1, 0.15) is 30.9 Å². The van der Waals surface area contributed by atoms with E-state index in [0.717, 1.165) is 30.5 Å². The number of ether oxygens (including phenoxy) is 2. The lowest BCUT2D eigenvalue weighted by molar-refractivity contribution is 0.121. The Hall–Kier alpha value is -1.26. The summed E-state index contributed by atoms with van der Waals surface area (Å²) in [6.45, 7) is 3.01. The molecule has 2 aliphatic rings. The van der Waals surface area contributed by atoms with Gasteiger partial charge >= 0.3 is 0 Å². The molecule has 0 aromatic heterocycles.